The van der Waals surface area contributed by atoms with Crippen molar-refractivity contribution >= 4 is 23.2 Å². The Balaban J connectivity index is 1.58. The number of hydrogen-bond donors (Lipinski definition) is 1. The molecule has 0 unspecified atom stereocenters. The Hall–Kier alpha value is -2.86. The summed E-state index contributed by atoms with van der Waals surface area (Å²) in [6.07, 6.45) is 0.564. The molecule has 1 N–H and O–H groups in total. The molecule has 0 spiro atoms. The van der Waals surface area contributed by atoms with E-state index in [9.17, 15) is 4.79 Å². The summed E-state index contributed by atoms with van der Waals surface area (Å²) in [5, 5.41) is 7.26. The third kappa shape index (κ3) is 4.36. The minimum atomic E-state index is -0.147. The topological polar surface area (TPSA) is 77.2 Å². The molecule has 3 rings (SSSR count). The van der Waals surface area contributed by atoms with Crippen LogP contribution in [0.3, 0.4) is 0 Å². The Bertz CT molecular complexity index is 879. The minimum absolute atomic E-state index is 0.147. The van der Waals surface area contributed by atoms with Gasteiger partial charge in [-0.15, -0.1) is 0 Å². The fraction of sp³-hybridized carbons (Fsp3) is 0.167. The number of rotatable bonds is 6. The zero-order valence-electron chi connectivity index (χ0n) is 13.5. The molecule has 0 saturated heterocycles. The van der Waals surface area contributed by atoms with E-state index in [2.05, 4.69) is 15.5 Å². The second kappa shape index (κ2) is 7.81. The van der Waals surface area contributed by atoms with Gasteiger partial charge in [0.05, 0.1) is 12.1 Å². The Morgan fingerprint density at radius 3 is 2.88 bits per heavy atom. The number of anilines is 1. The van der Waals surface area contributed by atoms with Crippen molar-refractivity contribution in [3.63, 3.8) is 0 Å². The van der Waals surface area contributed by atoms with Gasteiger partial charge < -0.3 is 14.6 Å². The molecule has 0 aliphatic heterocycles. The van der Waals surface area contributed by atoms with E-state index in [1.165, 1.54) is 0 Å². The molecule has 0 aliphatic rings. The van der Waals surface area contributed by atoms with Crippen LogP contribution >= 0.6 is 11.6 Å². The summed E-state index contributed by atoms with van der Waals surface area (Å²) in [5.74, 6) is 1.33. The molecule has 1 aromatic heterocycles. The van der Waals surface area contributed by atoms with Crippen LogP contribution in [0.15, 0.2) is 53.1 Å². The van der Waals surface area contributed by atoms with Crippen molar-refractivity contribution < 1.29 is 14.1 Å². The van der Waals surface area contributed by atoms with E-state index in [1.54, 1.807) is 25.3 Å². The van der Waals surface area contributed by atoms with E-state index in [-0.39, 0.29) is 12.3 Å². The molecule has 0 radical (unpaired) electrons. The second-order valence-electron chi connectivity index (χ2n) is 5.27. The maximum Gasteiger partial charge on any atom is 0.227 e. The van der Waals surface area contributed by atoms with Gasteiger partial charge >= 0.3 is 0 Å². The van der Waals surface area contributed by atoms with Crippen LogP contribution in [0.4, 0.5) is 5.69 Å². The number of carbonyl (C=O) groups is 1. The largest absolute Gasteiger partial charge is 0.497 e. The van der Waals surface area contributed by atoms with Crippen molar-refractivity contribution in [2.75, 3.05) is 12.4 Å². The van der Waals surface area contributed by atoms with Crippen LogP contribution in [0.25, 0.3) is 11.4 Å². The fourth-order valence-corrected chi connectivity index (χ4v) is 2.47. The Kier molecular flexibility index (Phi) is 5.30. The summed E-state index contributed by atoms with van der Waals surface area (Å²) in [4.78, 5) is 16.3. The molecule has 0 aliphatic carbocycles. The fourth-order valence-electron chi connectivity index (χ4n) is 2.25. The van der Waals surface area contributed by atoms with Crippen LogP contribution < -0.4 is 10.1 Å². The van der Waals surface area contributed by atoms with Crippen molar-refractivity contribution in [1.29, 1.82) is 0 Å². The molecule has 7 heteroatoms. The molecular weight excluding hydrogens is 342 g/mol. The zero-order chi connectivity index (χ0) is 17.6. The third-order valence-electron chi connectivity index (χ3n) is 3.50. The molecule has 0 atom stereocenters. The van der Waals surface area contributed by atoms with Crippen LogP contribution in [0.1, 0.15) is 12.3 Å². The molecular formula is C18H16ClN3O3. The number of carbonyl (C=O) groups excluding carboxylic acids is 1. The number of ether oxygens (including phenoxy) is 1. The molecule has 1 amide bonds. The number of hydrogen-bond acceptors (Lipinski definition) is 5. The van der Waals surface area contributed by atoms with Crippen LogP contribution in [0.5, 0.6) is 5.75 Å². The number of methoxy groups -OCH3 is 1. The normalized spacial score (nSPS) is 10.5. The lowest BCUT2D eigenvalue weighted by atomic mass is 10.2. The van der Waals surface area contributed by atoms with E-state index >= 15 is 0 Å². The molecule has 128 valence electrons. The zero-order valence-corrected chi connectivity index (χ0v) is 14.3. The highest BCUT2D eigenvalue weighted by atomic mass is 35.5. The Labute approximate surface area is 149 Å². The lowest BCUT2D eigenvalue weighted by Gasteiger charge is -2.06. The van der Waals surface area contributed by atoms with Gasteiger partial charge in [-0.3, -0.25) is 4.79 Å². The maximum absolute atomic E-state index is 12.1. The van der Waals surface area contributed by atoms with Gasteiger partial charge in [-0.2, -0.15) is 4.98 Å². The SMILES string of the molecule is COc1cccc(NC(=O)CCc2nc(-c3ccccc3Cl)no2)c1. The van der Waals surface area contributed by atoms with Gasteiger partial charge in [0.1, 0.15) is 5.75 Å². The van der Waals surface area contributed by atoms with Crippen LogP contribution in [0, 0.1) is 0 Å². The Morgan fingerprint density at radius 1 is 1.24 bits per heavy atom. The molecule has 2 aromatic carbocycles. The highest BCUT2D eigenvalue weighted by Crippen LogP contribution is 2.25. The average molecular weight is 358 g/mol. The first kappa shape index (κ1) is 17.0. The predicted octanol–water partition coefficient (Wildman–Crippen LogP) is 3.97. The van der Waals surface area contributed by atoms with Crippen molar-refractivity contribution in [3.05, 3.63) is 59.4 Å². The van der Waals surface area contributed by atoms with E-state index in [0.29, 0.717) is 40.2 Å². The molecule has 0 saturated carbocycles. The molecule has 6 nitrogen and oxygen atoms in total. The number of nitrogens with one attached hydrogen (secondary N) is 1. The molecule has 0 bridgehead atoms. The summed E-state index contributed by atoms with van der Waals surface area (Å²) in [7, 11) is 1.58. The van der Waals surface area contributed by atoms with Gasteiger partial charge in [0, 0.05) is 30.2 Å². The van der Waals surface area contributed by atoms with Gasteiger partial charge in [-0.05, 0) is 24.3 Å². The van der Waals surface area contributed by atoms with Crippen molar-refractivity contribution in [1.82, 2.24) is 10.1 Å². The van der Waals surface area contributed by atoms with Crippen LogP contribution in [0.2, 0.25) is 5.02 Å². The summed E-state index contributed by atoms with van der Waals surface area (Å²) < 4.78 is 10.3. The molecule has 0 fully saturated rings. The summed E-state index contributed by atoms with van der Waals surface area (Å²) in [6, 6.07) is 14.4. The van der Waals surface area contributed by atoms with Gasteiger partial charge in [-0.1, -0.05) is 35.0 Å². The van der Waals surface area contributed by atoms with E-state index in [4.69, 9.17) is 20.9 Å². The van der Waals surface area contributed by atoms with Gasteiger partial charge in [-0.25, -0.2) is 0 Å². The van der Waals surface area contributed by atoms with Gasteiger partial charge in [0.2, 0.25) is 17.6 Å². The lowest BCUT2D eigenvalue weighted by Crippen LogP contribution is -2.12. The van der Waals surface area contributed by atoms with Gasteiger partial charge in [0.25, 0.3) is 0 Å². The minimum Gasteiger partial charge on any atom is -0.497 e. The first-order chi connectivity index (χ1) is 12.2. The number of halogens is 1. The second-order valence-corrected chi connectivity index (χ2v) is 5.68. The number of aromatic nitrogens is 2. The first-order valence-corrected chi connectivity index (χ1v) is 8.05. The summed E-state index contributed by atoms with van der Waals surface area (Å²) in [6.45, 7) is 0. The maximum atomic E-state index is 12.1. The van der Waals surface area contributed by atoms with E-state index in [0.717, 1.165) is 0 Å². The smallest absolute Gasteiger partial charge is 0.227 e. The molecule has 25 heavy (non-hydrogen) atoms. The summed E-state index contributed by atoms with van der Waals surface area (Å²) in [5.41, 5.74) is 1.37. The predicted molar refractivity (Wildman–Crippen MR) is 94.7 cm³/mol. The first-order valence-electron chi connectivity index (χ1n) is 7.67. The number of aryl methyl sites for hydroxylation is 1. The quantitative estimate of drug-likeness (QED) is 0.722. The summed E-state index contributed by atoms with van der Waals surface area (Å²) >= 11 is 6.11. The molecule has 1 heterocycles. The van der Waals surface area contributed by atoms with Crippen LogP contribution in [-0.4, -0.2) is 23.2 Å². The van der Waals surface area contributed by atoms with E-state index < -0.39 is 0 Å². The van der Waals surface area contributed by atoms with Crippen molar-refractivity contribution in [3.8, 4) is 17.1 Å². The number of amides is 1. The standard InChI is InChI=1S/C18H16ClN3O3/c1-24-13-6-4-5-12(11-13)20-16(23)9-10-17-21-18(22-25-17)14-7-2-3-8-15(14)19/h2-8,11H,9-10H2,1H3,(H,20,23). The van der Waals surface area contributed by atoms with Crippen molar-refractivity contribution in [2.45, 2.75) is 12.8 Å². The van der Waals surface area contributed by atoms with Crippen LogP contribution in [-0.2, 0) is 11.2 Å². The number of benzene rings is 2. The molecule has 3 aromatic rings. The highest BCUT2D eigenvalue weighted by Gasteiger charge is 2.13. The highest BCUT2D eigenvalue weighted by molar-refractivity contribution is 6.33. The third-order valence-corrected chi connectivity index (χ3v) is 3.83. The number of nitrogens with zero attached hydrogens (tertiary/aromatic N) is 2. The van der Waals surface area contributed by atoms with Gasteiger partial charge in [0.15, 0.2) is 0 Å². The average Bonchev–Trinajstić information content (AvgIpc) is 3.09. The lowest BCUT2D eigenvalue weighted by molar-refractivity contribution is -0.116. The monoisotopic (exact) mass is 357 g/mol. The van der Waals surface area contributed by atoms with Crippen molar-refractivity contribution in [2.24, 2.45) is 0 Å². The Morgan fingerprint density at radius 2 is 2.08 bits per heavy atom. The van der Waals surface area contributed by atoms with E-state index in [1.807, 2.05) is 30.3 Å².